The minimum atomic E-state index is -0.202. The lowest BCUT2D eigenvalue weighted by Gasteiger charge is -2.00. The lowest BCUT2D eigenvalue weighted by molar-refractivity contribution is 0.0959. The first-order valence-corrected chi connectivity index (χ1v) is 7.30. The van der Waals surface area contributed by atoms with Crippen molar-refractivity contribution in [3.63, 3.8) is 0 Å². The highest BCUT2D eigenvalue weighted by Gasteiger charge is 2.09. The van der Waals surface area contributed by atoms with Crippen molar-refractivity contribution >= 4 is 33.0 Å². The van der Waals surface area contributed by atoms with E-state index in [1.807, 2.05) is 55.5 Å². The average Bonchev–Trinajstić information content (AvgIpc) is 2.97. The number of aromatic nitrogens is 1. The van der Waals surface area contributed by atoms with Crippen molar-refractivity contribution < 1.29 is 4.79 Å². The highest BCUT2D eigenvalue weighted by atomic mass is 32.1. The minimum Gasteiger partial charge on any atom is -0.266 e. The zero-order valence-electron chi connectivity index (χ0n) is 11.4. The van der Waals surface area contributed by atoms with Crippen LogP contribution >= 0.6 is 11.3 Å². The fourth-order valence-electron chi connectivity index (χ4n) is 1.92. The number of fused-ring (bicyclic) bond motifs is 1. The molecule has 21 heavy (non-hydrogen) atoms. The summed E-state index contributed by atoms with van der Waals surface area (Å²) in [6, 6.07) is 15.4. The van der Waals surface area contributed by atoms with Gasteiger partial charge in [0.1, 0.15) is 0 Å². The van der Waals surface area contributed by atoms with E-state index in [2.05, 4.69) is 15.5 Å². The monoisotopic (exact) mass is 295 g/mol. The second kappa shape index (κ2) is 5.85. The Labute approximate surface area is 126 Å². The van der Waals surface area contributed by atoms with Crippen LogP contribution in [0.15, 0.2) is 59.8 Å². The minimum absolute atomic E-state index is 0.202. The molecule has 0 unspecified atom stereocenters. The Bertz CT molecular complexity index is 776. The van der Waals surface area contributed by atoms with E-state index >= 15 is 0 Å². The number of hydrogen-bond acceptors (Lipinski definition) is 4. The molecule has 0 spiro atoms. The first-order chi connectivity index (χ1) is 10.2. The number of pyridine rings is 1. The molecule has 0 fully saturated rings. The van der Waals surface area contributed by atoms with Crippen LogP contribution in [0, 0.1) is 0 Å². The molecule has 0 bridgehead atoms. The molecule has 2 aromatic heterocycles. The molecule has 3 aromatic rings. The molecule has 1 amide bonds. The zero-order valence-corrected chi connectivity index (χ0v) is 12.2. The van der Waals surface area contributed by atoms with Crippen LogP contribution in [-0.2, 0) is 0 Å². The van der Waals surface area contributed by atoms with Gasteiger partial charge in [0.15, 0.2) is 0 Å². The van der Waals surface area contributed by atoms with Crippen molar-refractivity contribution in [2.75, 3.05) is 0 Å². The van der Waals surface area contributed by atoms with Gasteiger partial charge in [0.05, 0.1) is 16.3 Å². The predicted octanol–water partition coefficient (Wildman–Crippen LogP) is 3.45. The van der Waals surface area contributed by atoms with Crippen LogP contribution in [0.2, 0.25) is 0 Å². The Kier molecular flexibility index (Phi) is 3.75. The molecule has 0 atom stereocenters. The maximum Gasteiger partial charge on any atom is 0.281 e. The molecule has 0 saturated carbocycles. The molecule has 1 aromatic carbocycles. The molecule has 104 valence electrons. The molecule has 0 aliphatic carbocycles. The number of benzene rings is 1. The largest absolute Gasteiger partial charge is 0.281 e. The van der Waals surface area contributed by atoms with E-state index in [0.29, 0.717) is 10.6 Å². The topological polar surface area (TPSA) is 54.4 Å². The van der Waals surface area contributed by atoms with Crippen molar-refractivity contribution in [3.05, 3.63) is 65.3 Å². The maximum absolute atomic E-state index is 12.1. The number of rotatable bonds is 3. The summed E-state index contributed by atoms with van der Waals surface area (Å²) < 4.78 is 1.09. The molecule has 1 N–H and O–H groups in total. The third-order valence-corrected chi connectivity index (χ3v) is 4.12. The van der Waals surface area contributed by atoms with Crippen LogP contribution in [0.4, 0.5) is 0 Å². The van der Waals surface area contributed by atoms with Crippen molar-refractivity contribution in [1.82, 2.24) is 10.4 Å². The molecule has 2 heterocycles. The molecule has 0 aliphatic rings. The maximum atomic E-state index is 12.1. The van der Waals surface area contributed by atoms with Gasteiger partial charge in [-0.2, -0.15) is 5.10 Å². The molecule has 4 nitrogen and oxygen atoms in total. The standard InChI is InChI=1S/C16H13N3OS/c1-11(13-7-4-5-9-17-13)18-19-16(20)15-10-12-6-2-3-8-14(12)21-15/h2-10H,1H3,(H,19,20)/b18-11+. The fourth-order valence-corrected chi connectivity index (χ4v) is 2.87. The molecule has 0 radical (unpaired) electrons. The van der Waals surface area contributed by atoms with Gasteiger partial charge in [-0.25, -0.2) is 5.43 Å². The Morgan fingerprint density at radius 2 is 2.00 bits per heavy atom. The molecule has 3 rings (SSSR count). The highest BCUT2D eigenvalue weighted by molar-refractivity contribution is 7.20. The second-order valence-electron chi connectivity index (χ2n) is 4.50. The summed E-state index contributed by atoms with van der Waals surface area (Å²) in [7, 11) is 0. The van der Waals surface area contributed by atoms with Gasteiger partial charge in [0, 0.05) is 10.9 Å². The number of hydrogen-bond donors (Lipinski definition) is 1. The smallest absolute Gasteiger partial charge is 0.266 e. The molecular formula is C16H13N3OS. The van der Waals surface area contributed by atoms with Gasteiger partial charge in [0.25, 0.3) is 5.91 Å². The van der Waals surface area contributed by atoms with Crippen LogP contribution < -0.4 is 5.43 Å². The van der Waals surface area contributed by atoms with E-state index in [9.17, 15) is 4.79 Å². The zero-order chi connectivity index (χ0) is 14.7. The Morgan fingerprint density at radius 3 is 2.76 bits per heavy atom. The summed E-state index contributed by atoms with van der Waals surface area (Å²) in [4.78, 5) is 17.0. The third kappa shape index (κ3) is 2.98. The number of amides is 1. The number of carbonyl (C=O) groups is 1. The van der Waals surface area contributed by atoms with Gasteiger partial charge in [-0.05, 0) is 36.6 Å². The summed E-state index contributed by atoms with van der Waals surface area (Å²) in [6.45, 7) is 1.81. The van der Waals surface area contributed by atoms with Crippen LogP contribution in [0.25, 0.3) is 10.1 Å². The summed E-state index contributed by atoms with van der Waals surface area (Å²) in [5.74, 6) is -0.202. The second-order valence-corrected chi connectivity index (χ2v) is 5.59. The van der Waals surface area contributed by atoms with Crippen LogP contribution in [0.3, 0.4) is 0 Å². The number of nitrogens with one attached hydrogen (secondary N) is 1. The van der Waals surface area contributed by atoms with Crippen LogP contribution in [0.5, 0.6) is 0 Å². The van der Waals surface area contributed by atoms with Crippen molar-refractivity contribution in [2.24, 2.45) is 5.10 Å². The molecule has 5 heteroatoms. The lowest BCUT2D eigenvalue weighted by Crippen LogP contribution is -2.18. The van der Waals surface area contributed by atoms with Gasteiger partial charge in [0.2, 0.25) is 0 Å². The van der Waals surface area contributed by atoms with E-state index in [-0.39, 0.29) is 5.91 Å². The van der Waals surface area contributed by atoms with Crippen LogP contribution in [0.1, 0.15) is 22.3 Å². The average molecular weight is 295 g/mol. The van der Waals surface area contributed by atoms with Gasteiger partial charge in [-0.15, -0.1) is 11.3 Å². The predicted molar refractivity (Wildman–Crippen MR) is 85.7 cm³/mol. The fraction of sp³-hybridized carbons (Fsp3) is 0.0625. The van der Waals surface area contributed by atoms with E-state index < -0.39 is 0 Å². The molecule has 0 aliphatic heterocycles. The summed E-state index contributed by atoms with van der Waals surface area (Å²) in [5, 5.41) is 5.17. The Balaban J connectivity index is 1.77. The first-order valence-electron chi connectivity index (χ1n) is 6.48. The SMILES string of the molecule is C/C(=N\NC(=O)c1cc2ccccc2s1)c1ccccn1. The van der Waals surface area contributed by atoms with Crippen LogP contribution in [-0.4, -0.2) is 16.6 Å². The highest BCUT2D eigenvalue weighted by Crippen LogP contribution is 2.24. The first kappa shape index (κ1) is 13.5. The van der Waals surface area contributed by atoms with E-state index in [1.54, 1.807) is 6.20 Å². The van der Waals surface area contributed by atoms with E-state index in [1.165, 1.54) is 11.3 Å². The van der Waals surface area contributed by atoms with Crippen molar-refractivity contribution in [2.45, 2.75) is 6.92 Å². The summed E-state index contributed by atoms with van der Waals surface area (Å²) in [6.07, 6.45) is 1.70. The van der Waals surface area contributed by atoms with Gasteiger partial charge >= 0.3 is 0 Å². The van der Waals surface area contributed by atoms with Gasteiger partial charge in [-0.1, -0.05) is 24.3 Å². The van der Waals surface area contributed by atoms with Gasteiger partial charge in [-0.3, -0.25) is 9.78 Å². The third-order valence-electron chi connectivity index (χ3n) is 3.01. The lowest BCUT2D eigenvalue weighted by atomic mass is 10.2. The van der Waals surface area contributed by atoms with Crippen molar-refractivity contribution in [3.8, 4) is 0 Å². The number of carbonyl (C=O) groups excluding carboxylic acids is 1. The van der Waals surface area contributed by atoms with E-state index in [0.717, 1.165) is 15.8 Å². The van der Waals surface area contributed by atoms with E-state index in [4.69, 9.17) is 0 Å². The van der Waals surface area contributed by atoms with Crippen molar-refractivity contribution in [1.29, 1.82) is 0 Å². The number of thiophene rings is 1. The molecular weight excluding hydrogens is 282 g/mol. The Morgan fingerprint density at radius 1 is 1.19 bits per heavy atom. The van der Waals surface area contributed by atoms with Gasteiger partial charge < -0.3 is 0 Å². The summed E-state index contributed by atoms with van der Waals surface area (Å²) in [5.41, 5.74) is 3.99. The summed E-state index contributed by atoms with van der Waals surface area (Å²) >= 11 is 1.46. The number of hydrazone groups is 1. The quantitative estimate of drug-likeness (QED) is 0.594. The number of nitrogens with zero attached hydrogens (tertiary/aromatic N) is 2. The Hall–Kier alpha value is -2.53. The molecule has 0 saturated heterocycles. The normalized spacial score (nSPS) is 11.6.